The molecule has 3 aromatic rings. The normalized spacial score (nSPS) is 12.3. The third-order valence-electron chi connectivity index (χ3n) is 3.42. The molecule has 0 aliphatic rings. The van der Waals surface area contributed by atoms with Crippen LogP contribution >= 0.6 is 11.6 Å². The summed E-state index contributed by atoms with van der Waals surface area (Å²) >= 11 is 6.23. The molecule has 21 heavy (non-hydrogen) atoms. The van der Waals surface area contributed by atoms with Crippen molar-refractivity contribution in [3.8, 4) is 11.5 Å². The second-order valence-electron chi connectivity index (χ2n) is 5.08. The van der Waals surface area contributed by atoms with Crippen LogP contribution in [0.25, 0.3) is 10.8 Å². The van der Waals surface area contributed by atoms with Crippen molar-refractivity contribution in [2.45, 2.75) is 13.0 Å². The summed E-state index contributed by atoms with van der Waals surface area (Å²) in [5.41, 5.74) is 6.77. The predicted octanol–water partition coefficient (Wildman–Crippen LogP) is 5.31. The highest BCUT2D eigenvalue weighted by Gasteiger charge is 2.07. The first-order valence-corrected chi connectivity index (χ1v) is 7.23. The summed E-state index contributed by atoms with van der Waals surface area (Å²) in [6.45, 7) is 1.91. The molecule has 0 saturated carbocycles. The second kappa shape index (κ2) is 5.76. The fourth-order valence-corrected chi connectivity index (χ4v) is 2.65. The lowest BCUT2D eigenvalue weighted by molar-refractivity contribution is 0.483. The van der Waals surface area contributed by atoms with Crippen LogP contribution < -0.4 is 10.5 Å². The predicted molar refractivity (Wildman–Crippen MR) is 88.1 cm³/mol. The SMILES string of the molecule is CC(N)c1ccc(Oc2ccc3ccccc3c2)cc1Cl. The molecule has 3 heteroatoms. The van der Waals surface area contributed by atoms with E-state index in [2.05, 4.69) is 12.1 Å². The van der Waals surface area contributed by atoms with Gasteiger partial charge in [0, 0.05) is 11.1 Å². The summed E-state index contributed by atoms with van der Waals surface area (Å²) in [5.74, 6) is 1.50. The van der Waals surface area contributed by atoms with Gasteiger partial charge in [0.2, 0.25) is 0 Å². The average molecular weight is 298 g/mol. The smallest absolute Gasteiger partial charge is 0.128 e. The first-order chi connectivity index (χ1) is 10.1. The second-order valence-corrected chi connectivity index (χ2v) is 5.49. The molecule has 106 valence electrons. The van der Waals surface area contributed by atoms with Gasteiger partial charge in [-0.3, -0.25) is 0 Å². The lowest BCUT2D eigenvalue weighted by atomic mass is 10.1. The molecule has 3 aromatic carbocycles. The van der Waals surface area contributed by atoms with Gasteiger partial charge >= 0.3 is 0 Å². The van der Waals surface area contributed by atoms with Crippen LogP contribution in [0.3, 0.4) is 0 Å². The molecule has 0 radical (unpaired) electrons. The van der Waals surface area contributed by atoms with Crippen molar-refractivity contribution < 1.29 is 4.74 Å². The summed E-state index contributed by atoms with van der Waals surface area (Å²) in [7, 11) is 0. The zero-order valence-corrected chi connectivity index (χ0v) is 12.5. The first kappa shape index (κ1) is 13.9. The maximum absolute atomic E-state index is 6.23. The number of fused-ring (bicyclic) bond motifs is 1. The van der Waals surface area contributed by atoms with Gasteiger partial charge in [0.25, 0.3) is 0 Å². The van der Waals surface area contributed by atoms with Gasteiger partial charge in [-0.1, -0.05) is 48.0 Å². The van der Waals surface area contributed by atoms with Crippen LogP contribution in [-0.4, -0.2) is 0 Å². The molecule has 1 unspecified atom stereocenters. The largest absolute Gasteiger partial charge is 0.457 e. The van der Waals surface area contributed by atoms with E-state index in [1.165, 1.54) is 5.39 Å². The van der Waals surface area contributed by atoms with Crippen molar-refractivity contribution in [3.63, 3.8) is 0 Å². The van der Waals surface area contributed by atoms with Crippen LogP contribution in [0.15, 0.2) is 60.7 Å². The van der Waals surface area contributed by atoms with E-state index >= 15 is 0 Å². The van der Waals surface area contributed by atoms with Gasteiger partial charge in [-0.05, 0) is 47.5 Å². The van der Waals surface area contributed by atoms with E-state index in [0.717, 1.165) is 16.7 Å². The number of ether oxygens (including phenoxy) is 1. The standard InChI is InChI=1S/C18H16ClNO/c1-12(20)17-9-8-16(11-18(17)19)21-15-7-6-13-4-2-3-5-14(13)10-15/h2-12H,20H2,1H3. The van der Waals surface area contributed by atoms with E-state index in [9.17, 15) is 0 Å². The third kappa shape index (κ3) is 3.02. The van der Waals surface area contributed by atoms with Crippen molar-refractivity contribution in [1.82, 2.24) is 0 Å². The molecule has 0 fully saturated rings. The van der Waals surface area contributed by atoms with Gasteiger partial charge < -0.3 is 10.5 Å². The Bertz CT molecular complexity index is 783. The van der Waals surface area contributed by atoms with Crippen molar-refractivity contribution in [3.05, 3.63) is 71.2 Å². The molecular formula is C18H16ClNO. The Morgan fingerprint density at radius 3 is 2.29 bits per heavy atom. The molecule has 1 atom stereocenters. The van der Waals surface area contributed by atoms with Crippen molar-refractivity contribution in [2.75, 3.05) is 0 Å². The molecule has 2 nitrogen and oxygen atoms in total. The molecule has 0 heterocycles. The monoisotopic (exact) mass is 297 g/mol. The lowest BCUT2D eigenvalue weighted by Gasteiger charge is -2.11. The quantitative estimate of drug-likeness (QED) is 0.711. The van der Waals surface area contributed by atoms with Gasteiger partial charge in [0.05, 0.1) is 0 Å². The Kier molecular flexibility index (Phi) is 3.82. The van der Waals surface area contributed by atoms with Crippen LogP contribution in [0.5, 0.6) is 11.5 Å². The summed E-state index contributed by atoms with van der Waals surface area (Å²) in [6.07, 6.45) is 0. The Morgan fingerprint density at radius 1 is 0.905 bits per heavy atom. The zero-order valence-electron chi connectivity index (χ0n) is 11.7. The first-order valence-electron chi connectivity index (χ1n) is 6.85. The molecule has 0 aliphatic heterocycles. The van der Waals surface area contributed by atoms with Crippen molar-refractivity contribution >= 4 is 22.4 Å². The van der Waals surface area contributed by atoms with E-state index in [1.807, 2.05) is 49.4 Å². The summed E-state index contributed by atoms with van der Waals surface area (Å²) in [4.78, 5) is 0. The average Bonchev–Trinajstić information content (AvgIpc) is 2.47. The minimum Gasteiger partial charge on any atom is -0.457 e. The third-order valence-corrected chi connectivity index (χ3v) is 3.75. The lowest BCUT2D eigenvalue weighted by Crippen LogP contribution is -2.05. The van der Waals surface area contributed by atoms with Crippen molar-refractivity contribution in [2.24, 2.45) is 5.73 Å². The van der Waals surface area contributed by atoms with E-state index in [0.29, 0.717) is 10.8 Å². The molecular weight excluding hydrogens is 282 g/mol. The zero-order chi connectivity index (χ0) is 14.8. The molecule has 0 aliphatic carbocycles. The Morgan fingerprint density at radius 2 is 1.57 bits per heavy atom. The maximum Gasteiger partial charge on any atom is 0.128 e. The van der Waals surface area contributed by atoms with Crippen LogP contribution in [0, 0.1) is 0 Å². The van der Waals surface area contributed by atoms with Crippen LogP contribution in [0.1, 0.15) is 18.5 Å². The van der Waals surface area contributed by atoms with Crippen LogP contribution in [0.4, 0.5) is 0 Å². The number of rotatable bonds is 3. The van der Waals surface area contributed by atoms with E-state index in [-0.39, 0.29) is 6.04 Å². The van der Waals surface area contributed by atoms with Gasteiger partial charge in [0.1, 0.15) is 11.5 Å². The number of nitrogens with two attached hydrogens (primary N) is 1. The molecule has 0 saturated heterocycles. The Balaban J connectivity index is 1.89. The van der Waals surface area contributed by atoms with Gasteiger partial charge in [0.15, 0.2) is 0 Å². The van der Waals surface area contributed by atoms with Gasteiger partial charge in [-0.25, -0.2) is 0 Å². The molecule has 2 N–H and O–H groups in total. The van der Waals surface area contributed by atoms with Crippen LogP contribution in [-0.2, 0) is 0 Å². The number of hydrogen-bond donors (Lipinski definition) is 1. The minimum absolute atomic E-state index is 0.0905. The molecule has 0 spiro atoms. The highest BCUT2D eigenvalue weighted by atomic mass is 35.5. The highest BCUT2D eigenvalue weighted by Crippen LogP contribution is 2.30. The summed E-state index contributed by atoms with van der Waals surface area (Å²) in [6, 6.07) is 19.7. The molecule has 0 amide bonds. The maximum atomic E-state index is 6.23. The fraction of sp³-hybridized carbons (Fsp3) is 0.111. The highest BCUT2D eigenvalue weighted by molar-refractivity contribution is 6.31. The number of benzene rings is 3. The molecule has 0 bridgehead atoms. The molecule has 3 rings (SSSR count). The Labute approximate surface area is 129 Å². The molecule has 0 aromatic heterocycles. The summed E-state index contributed by atoms with van der Waals surface area (Å²) < 4.78 is 5.88. The number of hydrogen-bond acceptors (Lipinski definition) is 2. The van der Waals surface area contributed by atoms with E-state index < -0.39 is 0 Å². The minimum atomic E-state index is -0.0905. The fourth-order valence-electron chi connectivity index (χ4n) is 2.31. The summed E-state index contributed by atoms with van der Waals surface area (Å²) in [5, 5.41) is 2.96. The topological polar surface area (TPSA) is 35.2 Å². The Hall–Kier alpha value is -2.03. The van der Waals surface area contributed by atoms with Crippen LogP contribution in [0.2, 0.25) is 5.02 Å². The van der Waals surface area contributed by atoms with Gasteiger partial charge in [-0.2, -0.15) is 0 Å². The van der Waals surface area contributed by atoms with E-state index in [1.54, 1.807) is 6.07 Å². The van der Waals surface area contributed by atoms with E-state index in [4.69, 9.17) is 22.1 Å². The number of halogens is 1. The van der Waals surface area contributed by atoms with Crippen molar-refractivity contribution in [1.29, 1.82) is 0 Å². The van der Waals surface area contributed by atoms with Gasteiger partial charge in [-0.15, -0.1) is 0 Å².